The van der Waals surface area contributed by atoms with Crippen LogP contribution in [0.25, 0.3) is 5.69 Å². The van der Waals surface area contributed by atoms with Gasteiger partial charge >= 0.3 is 0 Å². The molecule has 0 aliphatic heterocycles. The molecule has 6 nitrogen and oxygen atoms in total. The van der Waals surface area contributed by atoms with E-state index in [0.717, 1.165) is 21.8 Å². The maximum atomic E-state index is 13.2. The molecule has 0 N–H and O–H groups in total. The first-order valence-corrected chi connectivity index (χ1v) is 11.1. The van der Waals surface area contributed by atoms with Crippen LogP contribution in [0.3, 0.4) is 0 Å². The molecule has 0 aliphatic rings. The summed E-state index contributed by atoms with van der Waals surface area (Å²) >= 11 is 0. The van der Waals surface area contributed by atoms with Crippen molar-refractivity contribution < 1.29 is 4.79 Å². The normalized spacial score (nSPS) is 11.1. The van der Waals surface area contributed by atoms with Crippen LogP contribution in [0.2, 0.25) is 0 Å². The molecule has 0 spiro atoms. The second-order valence-electron chi connectivity index (χ2n) is 8.37. The molecule has 1 aromatic carbocycles. The number of hydrogen-bond acceptors (Lipinski definition) is 4. The number of rotatable bonds is 7. The number of carbonyl (C=O) groups is 1. The van der Waals surface area contributed by atoms with E-state index >= 15 is 0 Å². The summed E-state index contributed by atoms with van der Waals surface area (Å²) in [5.41, 5.74) is 5.51. The fraction of sp³-hybridized carbons (Fsp3) is 0.385. The minimum absolute atomic E-state index is 0.0860. The van der Waals surface area contributed by atoms with E-state index < -0.39 is 5.56 Å². The highest BCUT2D eigenvalue weighted by atomic mass is 16.1. The van der Waals surface area contributed by atoms with Crippen molar-refractivity contribution in [3.05, 3.63) is 80.0 Å². The lowest BCUT2D eigenvalue weighted by atomic mass is 10.0. The Labute approximate surface area is 189 Å². The lowest BCUT2D eigenvalue weighted by Crippen LogP contribution is -2.31. The van der Waals surface area contributed by atoms with E-state index in [1.807, 2.05) is 44.4 Å². The van der Waals surface area contributed by atoms with Crippen molar-refractivity contribution in [2.75, 3.05) is 0 Å². The Kier molecular flexibility index (Phi) is 6.78. The highest BCUT2D eigenvalue weighted by Gasteiger charge is 2.21. The zero-order valence-electron chi connectivity index (χ0n) is 19.7. The Morgan fingerprint density at radius 2 is 1.78 bits per heavy atom. The lowest BCUT2D eigenvalue weighted by Gasteiger charge is -2.13. The number of benzene rings is 1. The average Bonchev–Trinajstić information content (AvgIpc) is 3.08. The molecule has 2 heterocycles. The van der Waals surface area contributed by atoms with E-state index in [1.165, 1.54) is 5.56 Å². The van der Waals surface area contributed by atoms with E-state index in [2.05, 4.69) is 43.2 Å². The lowest BCUT2D eigenvalue weighted by molar-refractivity contribution is 0.0964. The van der Waals surface area contributed by atoms with Gasteiger partial charge in [0.15, 0.2) is 5.78 Å². The number of nitrogens with zero attached hydrogens (tertiary/aromatic N) is 4. The predicted octanol–water partition coefficient (Wildman–Crippen LogP) is 4.65. The monoisotopic (exact) mass is 430 g/mol. The number of ketones is 1. The maximum absolute atomic E-state index is 13.2. The number of carbonyl (C=O) groups excluding carboxylic acids is 1. The van der Waals surface area contributed by atoms with Crippen molar-refractivity contribution in [2.24, 2.45) is 0 Å². The largest absolute Gasteiger partial charge is 0.318 e. The second kappa shape index (κ2) is 9.35. The summed E-state index contributed by atoms with van der Waals surface area (Å²) in [4.78, 5) is 26.0. The van der Waals surface area contributed by atoms with Gasteiger partial charge in [-0.1, -0.05) is 39.8 Å². The summed E-state index contributed by atoms with van der Waals surface area (Å²) in [6.07, 6.45) is 1.15. The minimum Gasteiger partial charge on any atom is -0.318 e. The molecule has 3 aromatic rings. The van der Waals surface area contributed by atoms with Gasteiger partial charge in [0.05, 0.1) is 5.69 Å². The standard InChI is InChI=1S/C26H30N4O2/c1-7-21-23(14-27)26(32)29(28-24(21)8-2)15-25(31)22-13-17(5)30(18(22)6)20-11-9-19(10-12-20)16(3)4/h9-13,16H,7-8,15H2,1-6H3. The Balaban J connectivity index is 1.99. The zero-order valence-corrected chi connectivity index (χ0v) is 19.7. The molecular weight excluding hydrogens is 400 g/mol. The van der Waals surface area contributed by atoms with Crippen molar-refractivity contribution in [1.82, 2.24) is 14.3 Å². The van der Waals surface area contributed by atoms with Crippen LogP contribution >= 0.6 is 0 Å². The van der Waals surface area contributed by atoms with Crippen molar-refractivity contribution in [3.63, 3.8) is 0 Å². The SMILES string of the molecule is CCc1nn(CC(=O)c2cc(C)n(-c3ccc(C(C)C)cc3)c2C)c(=O)c(C#N)c1CC. The fourth-order valence-corrected chi connectivity index (χ4v) is 4.21. The van der Waals surface area contributed by atoms with Gasteiger partial charge in [-0.25, -0.2) is 4.68 Å². The molecule has 0 atom stereocenters. The molecule has 0 saturated heterocycles. The Morgan fingerprint density at radius 1 is 1.12 bits per heavy atom. The van der Waals surface area contributed by atoms with E-state index in [0.29, 0.717) is 35.6 Å². The molecule has 0 bridgehead atoms. The van der Waals surface area contributed by atoms with Gasteiger partial charge in [-0.15, -0.1) is 0 Å². The van der Waals surface area contributed by atoms with Gasteiger partial charge in [0.2, 0.25) is 0 Å². The van der Waals surface area contributed by atoms with Crippen LogP contribution in [0.4, 0.5) is 0 Å². The highest BCUT2D eigenvalue weighted by Crippen LogP contribution is 2.23. The van der Waals surface area contributed by atoms with Crippen LogP contribution in [0, 0.1) is 25.2 Å². The molecule has 0 saturated carbocycles. The number of aromatic nitrogens is 3. The van der Waals surface area contributed by atoms with E-state index in [-0.39, 0.29) is 17.9 Å². The predicted molar refractivity (Wildman–Crippen MR) is 126 cm³/mol. The molecule has 0 fully saturated rings. The van der Waals surface area contributed by atoms with Crippen LogP contribution in [0.1, 0.15) is 77.7 Å². The first-order chi connectivity index (χ1) is 15.2. The zero-order chi connectivity index (χ0) is 23.6. The molecule has 166 valence electrons. The molecule has 0 amide bonds. The summed E-state index contributed by atoms with van der Waals surface area (Å²) in [7, 11) is 0. The first kappa shape index (κ1) is 23.2. The summed E-state index contributed by atoms with van der Waals surface area (Å²) in [5.74, 6) is 0.247. The van der Waals surface area contributed by atoms with Crippen molar-refractivity contribution >= 4 is 5.78 Å². The Hall–Kier alpha value is -3.46. The summed E-state index contributed by atoms with van der Waals surface area (Å²) in [6.45, 7) is 11.8. The second-order valence-corrected chi connectivity index (χ2v) is 8.37. The number of nitriles is 1. The topological polar surface area (TPSA) is 80.7 Å². The smallest absolute Gasteiger partial charge is 0.285 e. The number of Topliss-reactive ketones (excluding diaryl/α,β-unsaturated/α-hetero) is 1. The third kappa shape index (κ3) is 4.16. The summed E-state index contributed by atoms with van der Waals surface area (Å²) in [5, 5.41) is 13.9. The highest BCUT2D eigenvalue weighted by molar-refractivity contribution is 5.97. The molecule has 32 heavy (non-hydrogen) atoms. The third-order valence-electron chi connectivity index (χ3n) is 5.98. The van der Waals surface area contributed by atoms with Gasteiger partial charge in [0.1, 0.15) is 18.2 Å². The molecule has 2 aromatic heterocycles. The van der Waals surface area contributed by atoms with Crippen molar-refractivity contribution in [1.29, 1.82) is 5.26 Å². The van der Waals surface area contributed by atoms with Crippen LogP contribution < -0.4 is 5.56 Å². The summed E-state index contributed by atoms with van der Waals surface area (Å²) < 4.78 is 3.19. The van der Waals surface area contributed by atoms with Crippen LogP contribution in [-0.2, 0) is 19.4 Å². The van der Waals surface area contributed by atoms with E-state index in [9.17, 15) is 14.9 Å². The first-order valence-electron chi connectivity index (χ1n) is 11.1. The Bertz CT molecular complexity index is 1250. The third-order valence-corrected chi connectivity index (χ3v) is 5.98. The number of aryl methyl sites for hydroxylation is 2. The molecule has 0 aliphatic carbocycles. The van der Waals surface area contributed by atoms with E-state index in [4.69, 9.17) is 0 Å². The summed E-state index contributed by atoms with van der Waals surface area (Å²) in [6, 6.07) is 12.2. The fourth-order valence-electron chi connectivity index (χ4n) is 4.21. The van der Waals surface area contributed by atoms with Gasteiger partial charge in [0.25, 0.3) is 5.56 Å². The molecule has 3 rings (SSSR count). The number of hydrogen-bond donors (Lipinski definition) is 0. The molecule has 0 radical (unpaired) electrons. The average molecular weight is 431 g/mol. The van der Waals surface area contributed by atoms with Crippen LogP contribution in [-0.4, -0.2) is 20.1 Å². The quantitative estimate of drug-likeness (QED) is 0.511. The van der Waals surface area contributed by atoms with Gasteiger partial charge in [-0.3, -0.25) is 9.59 Å². The van der Waals surface area contributed by atoms with Crippen LogP contribution in [0.5, 0.6) is 0 Å². The van der Waals surface area contributed by atoms with Gasteiger partial charge in [-0.2, -0.15) is 10.4 Å². The minimum atomic E-state index is -0.506. The van der Waals surface area contributed by atoms with Gasteiger partial charge in [-0.05, 0) is 61.9 Å². The van der Waals surface area contributed by atoms with Crippen molar-refractivity contribution in [3.8, 4) is 11.8 Å². The molecule has 0 unspecified atom stereocenters. The van der Waals surface area contributed by atoms with Gasteiger partial charge < -0.3 is 4.57 Å². The van der Waals surface area contributed by atoms with E-state index in [1.54, 1.807) is 0 Å². The van der Waals surface area contributed by atoms with Crippen LogP contribution in [0.15, 0.2) is 35.1 Å². The Morgan fingerprint density at radius 3 is 2.31 bits per heavy atom. The molecular formula is C26H30N4O2. The molecule has 6 heteroatoms. The van der Waals surface area contributed by atoms with Crippen molar-refractivity contribution in [2.45, 2.75) is 66.8 Å². The van der Waals surface area contributed by atoms with Gasteiger partial charge in [0, 0.05) is 22.6 Å². The maximum Gasteiger partial charge on any atom is 0.285 e.